The second-order valence-electron chi connectivity index (χ2n) is 5.62. The van der Waals surface area contributed by atoms with Gasteiger partial charge in [-0.05, 0) is 38.8 Å². The van der Waals surface area contributed by atoms with E-state index < -0.39 is 6.03 Å². The van der Waals surface area contributed by atoms with E-state index in [-0.39, 0.29) is 18.0 Å². The van der Waals surface area contributed by atoms with Crippen LogP contribution in [0.2, 0.25) is 0 Å². The Morgan fingerprint density at radius 3 is 2.40 bits per heavy atom. The molecule has 0 spiro atoms. The molecule has 110 valence electrons. The molecule has 3 amide bonds. The van der Waals surface area contributed by atoms with Crippen LogP contribution in [-0.4, -0.2) is 24.0 Å². The Bertz CT molecular complexity index is 478. The molecule has 1 aromatic rings. The van der Waals surface area contributed by atoms with Crippen LogP contribution >= 0.6 is 0 Å². The highest BCUT2D eigenvalue weighted by molar-refractivity contribution is 5.96. The first-order valence-corrected chi connectivity index (χ1v) is 6.75. The molecule has 20 heavy (non-hydrogen) atoms. The van der Waals surface area contributed by atoms with E-state index >= 15 is 0 Å². The Balaban J connectivity index is 2.46. The zero-order chi connectivity index (χ0) is 15.2. The van der Waals surface area contributed by atoms with Crippen LogP contribution in [0, 0.1) is 0 Å². The van der Waals surface area contributed by atoms with Gasteiger partial charge in [-0.25, -0.2) is 4.79 Å². The van der Waals surface area contributed by atoms with E-state index in [4.69, 9.17) is 0 Å². The van der Waals surface area contributed by atoms with Crippen molar-refractivity contribution in [1.29, 1.82) is 0 Å². The number of carbonyl (C=O) groups is 2. The number of carbonyl (C=O) groups excluding carboxylic acids is 2. The van der Waals surface area contributed by atoms with Crippen molar-refractivity contribution in [2.45, 2.75) is 39.7 Å². The number of benzene rings is 1. The van der Waals surface area contributed by atoms with Crippen LogP contribution in [0.15, 0.2) is 24.3 Å². The van der Waals surface area contributed by atoms with Gasteiger partial charge in [-0.3, -0.25) is 10.1 Å². The Hall–Kier alpha value is -2.04. The first-order valence-electron chi connectivity index (χ1n) is 6.75. The number of nitrogens with one attached hydrogen (secondary N) is 3. The Morgan fingerprint density at radius 2 is 1.80 bits per heavy atom. The third kappa shape index (κ3) is 5.73. The molecule has 0 aliphatic rings. The lowest BCUT2D eigenvalue weighted by Crippen LogP contribution is -2.49. The molecule has 0 aliphatic carbocycles. The van der Waals surface area contributed by atoms with E-state index in [0.29, 0.717) is 0 Å². The van der Waals surface area contributed by atoms with E-state index in [1.807, 2.05) is 45.0 Å². The molecule has 1 aromatic carbocycles. The van der Waals surface area contributed by atoms with Gasteiger partial charge in [-0.1, -0.05) is 25.1 Å². The van der Waals surface area contributed by atoms with Crippen molar-refractivity contribution in [3.63, 3.8) is 0 Å². The molecule has 0 atom stereocenters. The van der Waals surface area contributed by atoms with E-state index in [0.717, 1.165) is 17.7 Å². The van der Waals surface area contributed by atoms with Crippen molar-refractivity contribution < 1.29 is 9.59 Å². The number of anilines is 1. The summed E-state index contributed by atoms with van der Waals surface area (Å²) < 4.78 is 0. The van der Waals surface area contributed by atoms with Gasteiger partial charge in [0.15, 0.2) is 0 Å². The fourth-order valence-corrected chi connectivity index (χ4v) is 1.72. The fourth-order valence-electron chi connectivity index (χ4n) is 1.72. The largest absolute Gasteiger partial charge is 0.376 e. The standard InChI is InChI=1S/C15H23N3O2/c1-5-11-8-6-7-9-12(11)16-10-13(19)17-14(20)18-15(2,3)4/h6-9,16H,5,10H2,1-4H3,(H2,17,18,19,20). The molecule has 0 heterocycles. The number of hydrogen-bond acceptors (Lipinski definition) is 3. The molecule has 0 bridgehead atoms. The van der Waals surface area contributed by atoms with Crippen LogP contribution in [0.5, 0.6) is 0 Å². The summed E-state index contributed by atoms with van der Waals surface area (Å²) in [5.41, 5.74) is 1.69. The van der Waals surface area contributed by atoms with E-state index in [2.05, 4.69) is 22.9 Å². The summed E-state index contributed by atoms with van der Waals surface area (Å²) in [5.74, 6) is -0.363. The molecular formula is C15H23N3O2. The van der Waals surface area contributed by atoms with Crippen molar-refractivity contribution in [2.75, 3.05) is 11.9 Å². The van der Waals surface area contributed by atoms with Crippen LogP contribution in [0.25, 0.3) is 0 Å². The predicted octanol–water partition coefficient (Wildman–Crippen LogP) is 2.29. The maximum Gasteiger partial charge on any atom is 0.321 e. The molecule has 0 radical (unpaired) electrons. The minimum atomic E-state index is -0.479. The third-order valence-electron chi connectivity index (χ3n) is 2.58. The first kappa shape index (κ1) is 16.0. The zero-order valence-corrected chi connectivity index (χ0v) is 12.5. The maximum atomic E-state index is 11.7. The molecule has 0 unspecified atom stereocenters. The van der Waals surface area contributed by atoms with Gasteiger partial charge in [0.1, 0.15) is 0 Å². The lowest BCUT2D eigenvalue weighted by molar-refractivity contribution is -0.118. The molecule has 0 aliphatic heterocycles. The molecule has 5 heteroatoms. The van der Waals surface area contributed by atoms with Gasteiger partial charge in [0.05, 0.1) is 6.54 Å². The van der Waals surface area contributed by atoms with Crippen LogP contribution in [0.3, 0.4) is 0 Å². The van der Waals surface area contributed by atoms with E-state index in [9.17, 15) is 9.59 Å². The minimum absolute atomic E-state index is 0.0641. The fraction of sp³-hybridized carbons (Fsp3) is 0.467. The molecule has 0 saturated heterocycles. The van der Waals surface area contributed by atoms with Gasteiger partial charge in [0, 0.05) is 11.2 Å². The number of aryl methyl sites for hydroxylation is 1. The number of hydrogen-bond donors (Lipinski definition) is 3. The van der Waals surface area contributed by atoms with Gasteiger partial charge >= 0.3 is 6.03 Å². The Labute approximate surface area is 120 Å². The highest BCUT2D eigenvalue weighted by Crippen LogP contribution is 2.14. The molecule has 5 nitrogen and oxygen atoms in total. The Morgan fingerprint density at radius 1 is 1.15 bits per heavy atom. The molecule has 0 fully saturated rings. The van der Waals surface area contributed by atoms with Crippen molar-refractivity contribution >= 4 is 17.6 Å². The quantitative estimate of drug-likeness (QED) is 0.790. The number of urea groups is 1. The van der Waals surface area contributed by atoms with Crippen LogP contribution in [-0.2, 0) is 11.2 Å². The monoisotopic (exact) mass is 277 g/mol. The van der Waals surface area contributed by atoms with E-state index in [1.54, 1.807) is 0 Å². The molecule has 0 saturated carbocycles. The van der Waals surface area contributed by atoms with Crippen molar-refractivity contribution in [2.24, 2.45) is 0 Å². The average Bonchev–Trinajstić information content (AvgIpc) is 2.34. The highest BCUT2D eigenvalue weighted by atomic mass is 16.2. The van der Waals surface area contributed by atoms with Gasteiger partial charge in [-0.2, -0.15) is 0 Å². The summed E-state index contributed by atoms with van der Waals surface area (Å²) in [6.07, 6.45) is 0.884. The predicted molar refractivity (Wildman–Crippen MR) is 80.7 cm³/mol. The molecular weight excluding hydrogens is 254 g/mol. The van der Waals surface area contributed by atoms with Crippen molar-refractivity contribution in [1.82, 2.24) is 10.6 Å². The van der Waals surface area contributed by atoms with Crippen LogP contribution in [0.4, 0.5) is 10.5 Å². The highest BCUT2D eigenvalue weighted by Gasteiger charge is 2.15. The summed E-state index contributed by atoms with van der Waals surface area (Å²) in [5, 5.41) is 8.00. The van der Waals surface area contributed by atoms with Crippen molar-refractivity contribution in [3.05, 3.63) is 29.8 Å². The van der Waals surface area contributed by atoms with Gasteiger partial charge in [0.2, 0.25) is 5.91 Å². The molecule has 0 aromatic heterocycles. The van der Waals surface area contributed by atoms with Gasteiger partial charge in [0.25, 0.3) is 0 Å². The van der Waals surface area contributed by atoms with Gasteiger partial charge in [-0.15, -0.1) is 0 Å². The first-order chi connectivity index (χ1) is 9.31. The summed E-state index contributed by atoms with van der Waals surface area (Å²) in [7, 11) is 0. The summed E-state index contributed by atoms with van der Waals surface area (Å²) in [4.78, 5) is 23.2. The summed E-state index contributed by atoms with van der Waals surface area (Å²) in [6, 6.07) is 7.31. The lowest BCUT2D eigenvalue weighted by Gasteiger charge is -2.20. The minimum Gasteiger partial charge on any atom is -0.376 e. The van der Waals surface area contributed by atoms with E-state index in [1.165, 1.54) is 0 Å². The number of amides is 3. The topological polar surface area (TPSA) is 70.2 Å². The van der Waals surface area contributed by atoms with Crippen LogP contribution < -0.4 is 16.0 Å². The maximum absolute atomic E-state index is 11.7. The number of rotatable bonds is 4. The SMILES string of the molecule is CCc1ccccc1NCC(=O)NC(=O)NC(C)(C)C. The number of imide groups is 1. The van der Waals surface area contributed by atoms with Gasteiger partial charge < -0.3 is 10.6 Å². The molecule has 3 N–H and O–H groups in total. The lowest BCUT2D eigenvalue weighted by atomic mass is 10.1. The number of para-hydroxylation sites is 1. The van der Waals surface area contributed by atoms with Crippen molar-refractivity contribution in [3.8, 4) is 0 Å². The second-order valence-corrected chi connectivity index (χ2v) is 5.62. The second kappa shape index (κ2) is 6.93. The average molecular weight is 277 g/mol. The summed E-state index contributed by atoms with van der Waals surface area (Å²) in [6.45, 7) is 7.68. The van der Waals surface area contributed by atoms with Crippen LogP contribution in [0.1, 0.15) is 33.3 Å². The zero-order valence-electron chi connectivity index (χ0n) is 12.5. The normalized spacial score (nSPS) is 10.8. The molecule has 1 rings (SSSR count). The smallest absolute Gasteiger partial charge is 0.321 e. The Kier molecular flexibility index (Phi) is 5.55. The third-order valence-corrected chi connectivity index (χ3v) is 2.58. The summed E-state index contributed by atoms with van der Waals surface area (Å²) >= 11 is 0.